The maximum atomic E-state index is 13.2. The lowest BCUT2D eigenvalue weighted by atomic mass is 10.1. The first-order valence-corrected chi connectivity index (χ1v) is 6.24. The summed E-state index contributed by atoms with van der Waals surface area (Å²) in [5, 5.41) is 3.81. The minimum atomic E-state index is -0.245. The Labute approximate surface area is 106 Å². The van der Waals surface area contributed by atoms with Gasteiger partial charge in [0.05, 0.1) is 6.61 Å². The van der Waals surface area contributed by atoms with E-state index in [9.17, 15) is 4.39 Å². The fourth-order valence-corrected chi connectivity index (χ4v) is 2.36. The second kappa shape index (κ2) is 5.80. The van der Waals surface area contributed by atoms with Gasteiger partial charge in [-0.2, -0.15) is 0 Å². The van der Waals surface area contributed by atoms with E-state index in [1.54, 1.807) is 13.2 Å². The summed E-state index contributed by atoms with van der Waals surface area (Å²) in [7, 11) is 1.69. The molecule has 0 radical (unpaired) electrons. The predicted octanol–water partition coefficient (Wildman–Crippen LogP) is 2.82. The van der Waals surface area contributed by atoms with Crippen LogP contribution in [-0.4, -0.2) is 26.8 Å². The molecule has 0 saturated heterocycles. The fraction of sp³-hybridized carbons (Fsp3) is 0.538. The molecule has 2 rings (SSSR count). The molecule has 1 aromatic carbocycles. The lowest BCUT2D eigenvalue weighted by molar-refractivity contribution is 0.199. The third-order valence-corrected chi connectivity index (χ3v) is 3.34. The molecule has 17 heavy (non-hydrogen) atoms. The average molecular weight is 258 g/mol. The Balaban J connectivity index is 1.81. The quantitative estimate of drug-likeness (QED) is 0.792. The molecule has 1 aliphatic carbocycles. The number of hydrogen-bond donors (Lipinski definition) is 1. The van der Waals surface area contributed by atoms with Crippen molar-refractivity contribution in [1.29, 1.82) is 0 Å². The Morgan fingerprint density at radius 2 is 2.29 bits per heavy atom. The van der Waals surface area contributed by atoms with Crippen LogP contribution in [0.15, 0.2) is 18.2 Å². The zero-order valence-corrected chi connectivity index (χ0v) is 10.6. The molecule has 0 spiro atoms. The van der Waals surface area contributed by atoms with Crippen molar-refractivity contribution < 1.29 is 9.13 Å². The molecule has 0 aliphatic heterocycles. The summed E-state index contributed by atoms with van der Waals surface area (Å²) in [5.74, 6) is 0.813. The van der Waals surface area contributed by atoms with E-state index in [1.807, 2.05) is 6.07 Å². The van der Waals surface area contributed by atoms with Crippen LogP contribution in [-0.2, 0) is 4.74 Å². The van der Waals surface area contributed by atoms with Crippen LogP contribution < -0.4 is 5.32 Å². The van der Waals surface area contributed by atoms with Crippen molar-refractivity contribution in [3.63, 3.8) is 0 Å². The van der Waals surface area contributed by atoms with Crippen molar-refractivity contribution in [3.8, 4) is 0 Å². The highest BCUT2D eigenvalue weighted by Gasteiger charge is 2.37. The molecule has 94 valence electrons. The predicted molar refractivity (Wildman–Crippen MR) is 67.0 cm³/mol. The van der Waals surface area contributed by atoms with Crippen molar-refractivity contribution >= 4 is 11.6 Å². The molecular formula is C13H17ClFNO. The van der Waals surface area contributed by atoms with Crippen molar-refractivity contribution in [3.05, 3.63) is 34.6 Å². The molecule has 1 aromatic rings. The number of halogens is 2. The molecule has 0 heterocycles. The van der Waals surface area contributed by atoms with Gasteiger partial charge in [-0.1, -0.05) is 11.6 Å². The molecule has 4 heteroatoms. The summed E-state index contributed by atoms with van der Waals surface area (Å²) in [6, 6.07) is 4.80. The van der Waals surface area contributed by atoms with Gasteiger partial charge in [-0.05, 0) is 48.6 Å². The van der Waals surface area contributed by atoms with E-state index in [-0.39, 0.29) is 5.82 Å². The molecule has 1 fully saturated rings. The van der Waals surface area contributed by atoms with Crippen molar-refractivity contribution in [2.75, 3.05) is 26.8 Å². The van der Waals surface area contributed by atoms with E-state index in [0.717, 1.165) is 31.7 Å². The van der Waals surface area contributed by atoms with Gasteiger partial charge >= 0.3 is 0 Å². The largest absolute Gasteiger partial charge is 0.383 e. The second-order valence-corrected chi connectivity index (χ2v) is 4.94. The average Bonchev–Trinajstić information content (AvgIpc) is 3.02. The van der Waals surface area contributed by atoms with E-state index in [0.29, 0.717) is 16.9 Å². The Morgan fingerprint density at radius 3 is 3.00 bits per heavy atom. The van der Waals surface area contributed by atoms with E-state index in [2.05, 4.69) is 5.32 Å². The highest BCUT2D eigenvalue weighted by atomic mass is 35.5. The monoisotopic (exact) mass is 257 g/mol. The molecule has 0 bridgehead atoms. The van der Waals surface area contributed by atoms with Crippen LogP contribution in [0.5, 0.6) is 0 Å². The van der Waals surface area contributed by atoms with Gasteiger partial charge in [-0.15, -0.1) is 0 Å². The van der Waals surface area contributed by atoms with E-state index in [4.69, 9.17) is 16.3 Å². The summed E-state index contributed by atoms with van der Waals surface area (Å²) < 4.78 is 18.1. The summed E-state index contributed by atoms with van der Waals surface area (Å²) >= 11 is 5.84. The van der Waals surface area contributed by atoms with Gasteiger partial charge in [-0.3, -0.25) is 0 Å². The van der Waals surface area contributed by atoms with Crippen LogP contribution in [0.2, 0.25) is 5.02 Å². The van der Waals surface area contributed by atoms with E-state index < -0.39 is 0 Å². The molecule has 0 amide bonds. The van der Waals surface area contributed by atoms with Crippen molar-refractivity contribution in [2.45, 2.75) is 12.3 Å². The number of hydrogen-bond acceptors (Lipinski definition) is 2. The molecule has 1 aliphatic rings. The molecular weight excluding hydrogens is 241 g/mol. The van der Waals surface area contributed by atoms with Gasteiger partial charge < -0.3 is 10.1 Å². The second-order valence-electron chi connectivity index (χ2n) is 4.50. The summed E-state index contributed by atoms with van der Waals surface area (Å²) in [5.41, 5.74) is 1.02. The fourth-order valence-electron chi connectivity index (χ4n) is 2.13. The number of ether oxygens (including phenoxy) is 1. The molecule has 2 atom stereocenters. The van der Waals surface area contributed by atoms with Gasteiger partial charge in [0.2, 0.25) is 0 Å². The third kappa shape index (κ3) is 3.66. The highest BCUT2D eigenvalue weighted by molar-refractivity contribution is 6.30. The molecule has 2 unspecified atom stereocenters. The number of methoxy groups -OCH3 is 1. The Hall–Kier alpha value is -0.640. The molecule has 0 aromatic heterocycles. The lowest BCUT2D eigenvalue weighted by Crippen LogP contribution is -2.21. The number of benzene rings is 1. The zero-order chi connectivity index (χ0) is 12.3. The van der Waals surface area contributed by atoms with Gasteiger partial charge in [0.25, 0.3) is 0 Å². The van der Waals surface area contributed by atoms with Crippen LogP contribution in [0, 0.1) is 11.7 Å². The minimum absolute atomic E-state index is 0.245. The van der Waals surface area contributed by atoms with Crippen molar-refractivity contribution in [2.24, 2.45) is 5.92 Å². The van der Waals surface area contributed by atoms with Crippen LogP contribution >= 0.6 is 11.6 Å². The Morgan fingerprint density at radius 1 is 1.47 bits per heavy atom. The topological polar surface area (TPSA) is 21.3 Å². The van der Waals surface area contributed by atoms with Crippen molar-refractivity contribution in [1.82, 2.24) is 5.32 Å². The smallest absolute Gasteiger partial charge is 0.124 e. The maximum Gasteiger partial charge on any atom is 0.124 e. The third-order valence-electron chi connectivity index (χ3n) is 3.13. The highest BCUT2D eigenvalue weighted by Crippen LogP contribution is 2.47. The molecule has 2 nitrogen and oxygen atoms in total. The van der Waals surface area contributed by atoms with Gasteiger partial charge in [-0.25, -0.2) is 4.39 Å². The zero-order valence-electron chi connectivity index (χ0n) is 9.88. The van der Waals surface area contributed by atoms with Crippen LogP contribution in [0.1, 0.15) is 17.9 Å². The summed E-state index contributed by atoms with van der Waals surface area (Å²) in [6.45, 7) is 2.55. The summed E-state index contributed by atoms with van der Waals surface area (Å²) in [4.78, 5) is 0. The van der Waals surface area contributed by atoms with Crippen LogP contribution in [0.4, 0.5) is 4.39 Å². The van der Waals surface area contributed by atoms with Gasteiger partial charge in [0.1, 0.15) is 5.82 Å². The maximum absolute atomic E-state index is 13.2. The summed E-state index contributed by atoms with van der Waals surface area (Å²) in [6.07, 6.45) is 1.11. The molecule has 1 N–H and O–H groups in total. The van der Waals surface area contributed by atoms with Gasteiger partial charge in [0, 0.05) is 18.7 Å². The first kappa shape index (κ1) is 12.8. The number of nitrogens with one attached hydrogen (secondary N) is 1. The van der Waals surface area contributed by atoms with Crippen LogP contribution in [0.25, 0.3) is 0 Å². The van der Waals surface area contributed by atoms with Crippen LogP contribution in [0.3, 0.4) is 0 Å². The van der Waals surface area contributed by atoms with Gasteiger partial charge in [0.15, 0.2) is 0 Å². The van der Waals surface area contributed by atoms with E-state index >= 15 is 0 Å². The first-order chi connectivity index (χ1) is 8.20. The standard InChI is InChI=1S/C13H17ClFNO/c1-17-3-2-16-8-10-6-13(10)9-4-11(14)7-12(15)5-9/h4-5,7,10,13,16H,2-3,6,8H2,1H3. The molecule has 1 saturated carbocycles. The normalized spacial score (nSPS) is 22.8. The SMILES string of the molecule is COCCNCC1CC1c1cc(F)cc(Cl)c1. The minimum Gasteiger partial charge on any atom is -0.383 e. The number of rotatable bonds is 6. The lowest BCUT2D eigenvalue weighted by Gasteiger charge is -2.04. The first-order valence-electron chi connectivity index (χ1n) is 5.86. The van der Waals surface area contributed by atoms with E-state index in [1.165, 1.54) is 6.07 Å². The Bertz CT molecular complexity index is 365. The Kier molecular flexibility index (Phi) is 4.37.